The molecule has 0 aliphatic carbocycles. The van der Waals surface area contributed by atoms with Crippen LogP contribution in [0.5, 0.6) is 0 Å². The highest BCUT2D eigenvalue weighted by Crippen LogP contribution is 2.20. The van der Waals surface area contributed by atoms with Crippen molar-refractivity contribution in [2.45, 2.75) is 24.3 Å². The molecule has 0 radical (unpaired) electrons. The number of esters is 1. The normalized spacial score (nSPS) is 17.8. The van der Waals surface area contributed by atoms with Crippen molar-refractivity contribution in [3.05, 3.63) is 59.2 Å². The Kier molecular flexibility index (Phi) is 6.48. The summed E-state index contributed by atoms with van der Waals surface area (Å²) in [7, 11) is -6.00. The summed E-state index contributed by atoms with van der Waals surface area (Å²) in [5.41, 5.74) is 1.43. The number of nitrogens with one attached hydrogen (secondary N) is 2. The molecule has 1 heterocycles. The molecule has 1 unspecified atom stereocenters. The minimum Gasteiger partial charge on any atom is -0.465 e. The first-order valence-electron chi connectivity index (χ1n) is 9.34. The van der Waals surface area contributed by atoms with Crippen LogP contribution in [0, 0.1) is 6.92 Å². The molecule has 1 amide bonds. The standard InChI is InChI=1S/C20H22N2O7S2/c1-13-6-7-15(20(24)29-2)11-18(13)21-19(23)14-4-3-5-17(10-14)31(27,28)22-16-8-9-30(25,26)12-16/h3-7,10-11,16,22H,8-9,12H2,1-2H3,(H,21,23). The van der Waals surface area contributed by atoms with E-state index in [0.29, 0.717) is 11.3 Å². The molecule has 2 N–H and O–H groups in total. The second-order valence-electron chi connectivity index (χ2n) is 7.22. The molecule has 31 heavy (non-hydrogen) atoms. The molecule has 11 heteroatoms. The van der Waals surface area contributed by atoms with Crippen molar-refractivity contribution in [3.8, 4) is 0 Å². The molecule has 1 aliphatic rings. The molecule has 3 rings (SSSR count). The van der Waals surface area contributed by atoms with Crippen molar-refractivity contribution >= 4 is 37.4 Å². The summed E-state index contributed by atoms with van der Waals surface area (Å²) in [6, 6.07) is 9.41. The molecular formula is C20H22N2O7S2. The van der Waals surface area contributed by atoms with E-state index in [4.69, 9.17) is 0 Å². The predicted molar refractivity (Wildman–Crippen MR) is 114 cm³/mol. The van der Waals surface area contributed by atoms with Crippen molar-refractivity contribution in [3.63, 3.8) is 0 Å². The molecule has 0 spiro atoms. The van der Waals surface area contributed by atoms with E-state index in [-0.39, 0.29) is 33.9 Å². The van der Waals surface area contributed by atoms with Crippen LogP contribution in [0.2, 0.25) is 0 Å². The van der Waals surface area contributed by atoms with Gasteiger partial charge in [0.05, 0.1) is 29.1 Å². The van der Waals surface area contributed by atoms with E-state index in [1.807, 2.05) is 0 Å². The van der Waals surface area contributed by atoms with Gasteiger partial charge in [0, 0.05) is 17.3 Å². The van der Waals surface area contributed by atoms with Crippen LogP contribution < -0.4 is 10.0 Å². The van der Waals surface area contributed by atoms with Gasteiger partial charge in [-0.2, -0.15) is 0 Å². The van der Waals surface area contributed by atoms with E-state index in [2.05, 4.69) is 14.8 Å². The SMILES string of the molecule is COC(=O)c1ccc(C)c(NC(=O)c2cccc(S(=O)(=O)NC3CCS(=O)(=O)C3)c2)c1. The van der Waals surface area contributed by atoms with Gasteiger partial charge in [0.15, 0.2) is 9.84 Å². The lowest BCUT2D eigenvalue weighted by molar-refractivity contribution is 0.0600. The van der Waals surface area contributed by atoms with Gasteiger partial charge in [0.25, 0.3) is 5.91 Å². The molecule has 0 aromatic heterocycles. The van der Waals surface area contributed by atoms with Gasteiger partial charge in [-0.3, -0.25) is 4.79 Å². The zero-order valence-corrected chi connectivity index (χ0v) is 18.5. The third kappa shape index (κ3) is 5.49. The minimum absolute atomic E-state index is 0.0629. The number of anilines is 1. The summed E-state index contributed by atoms with van der Waals surface area (Å²) in [4.78, 5) is 24.3. The second kappa shape index (κ2) is 8.77. The summed E-state index contributed by atoms with van der Waals surface area (Å²) < 4.78 is 55.5. The molecule has 166 valence electrons. The molecule has 0 saturated carbocycles. The Hall–Kier alpha value is -2.76. The quantitative estimate of drug-likeness (QED) is 0.616. The van der Waals surface area contributed by atoms with Crippen LogP contribution >= 0.6 is 0 Å². The molecule has 9 nitrogen and oxygen atoms in total. The zero-order chi connectivity index (χ0) is 22.8. The van der Waals surface area contributed by atoms with Crippen LogP contribution in [0.25, 0.3) is 0 Å². The summed E-state index contributed by atoms with van der Waals surface area (Å²) in [6.45, 7) is 1.75. The average Bonchev–Trinajstić information content (AvgIpc) is 3.06. The maximum Gasteiger partial charge on any atom is 0.337 e. The number of sulfone groups is 1. The first kappa shape index (κ1) is 22.9. The number of benzene rings is 2. The smallest absolute Gasteiger partial charge is 0.337 e. The fourth-order valence-corrected chi connectivity index (χ4v) is 6.27. The van der Waals surface area contributed by atoms with Crippen LogP contribution in [0.1, 0.15) is 32.7 Å². The first-order valence-corrected chi connectivity index (χ1v) is 12.6. The molecule has 1 atom stereocenters. The number of carbonyl (C=O) groups excluding carboxylic acids is 2. The molecule has 1 aliphatic heterocycles. The molecular weight excluding hydrogens is 444 g/mol. The maximum absolute atomic E-state index is 12.7. The van der Waals surface area contributed by atoms with Crippen LogP contribution in [-0.4, -0.2) is 53.4 Å². The van der Waals surface area contributed by atoms with E-state index in [1.165, 1.54) is 37.4 Å². The average molecular weight is 467 g/mol. The Morgan fingerprint density at radius 1 is 1.10 bits per heavy atom. The van der Waals surface area contributed by atoms with Crippen molar-refractivity contribution < 1.29 is 31.2 Å². The lowest BCUT2D eigenvalue weighted by atomic mass is 10.1. The zero-order valence-electron chi connectivity index (χ0n) is 16.9. The summed E-state index contributed by atoms with van der Waals surface area (Å²) in [5, 5.41) is 2.67. The van der Waals surface area contributed by atoms with Gasteiger partial charge in [0.1, 0.15) is 0 Å². The van der Waals surface area contributed by atoms with E-state index < -0.39 is 37.8 Å². The van der Waals surface area contributed by atoms with Crippen molar-refractivity contribution in [2.75, 3.05) is 23.9 Å². The fraction of sp³-hybridized carbons (Fsp3) is 0.300. The minimum atomic E-state index is -4.01. The number of hydrogen-bond acceptors (Lipinski definition) is 7. The van der Waals surface area contributed by atoms with Crippen molar-refractivity contribution in [1.29, 1.82) is 0 Å². The van der Waals surface area contributed by atoms with Crippen molar-refractivity contribution in [2.24, 2.45) is 0 Å². The molecule has 2 aromatic rings. The highest BCUT2D eigenvalue weighted by Gasteiger charge is 2.31. The number of rotatable bonds is 6. The van der Waals surface area contributed by atoms with E-state index in [9.17, 15) is 26.4 Å². The van der Waals surface area contributed by atoms with Crippen molar-refractivity contribution in [1.82, 2.24) is 4.72 Å². The Morgan fingerprint density at radius 3 is 2.48 bits per heavy atom. The maximum atomic E-state index is 12.7. The lowest BCUT2D eigenvalue weighted by Gasteiger charge is -2.13. The number of amides is 1. The third-order valence-electron chi connectivity index (χ3n) is 4.87. The number of carbonyl (C=O) groups is 2. The number of sulfonamides is 1. The first-order chi connectivity index (χ1) is 14.5. The van der Waals surface area contributed by atoms with Crippen LogP contribution in [0.15, 0.2) is 47.4 Å². The molecule has 1 saturated heterocycles. The Balaban J connectivity index is 1.80. The molecule has 0 bridgehead atoms. The summed E-state index contributed by atoms with van der Waals surface area (Å²) in [5.74, 6) is -1.43. The Morgan fingerprint density at radius 2 is 1.84 bits per heavy atom. The number of methoxy groups -OCH3 is 1. The Labute approximate surface area is 180 Å². The highest BCUT2D eigenvalue weighted by atomic mass is 32.2. The van der Waals surface area contributed by atoms with Gasteiger partial charge in [-0.25, -0.2) is 26.4 Å². The lowest BCUT2D eigenvalue weighted by Crippen LogP contribution is -2.35. The fourth-order valence-electron chi connectivity index (χ4n) is 3.18. The second-order valence-corrected chi connectivity index (χ2v) is 11.2. The number of ether oxygens (including phenoxy) is 1. The van der Waals surface area contributed by atoms with Crippen LogP contribution in [-0.2, 0) is 24.6 Å². The monoisotopic (exact) mass is 466 g/mol. The van der Waals surface area contributed by atoms with Gasteiger partial charge in [0.2, 0.25) is 10.0 Å². The highest BCUT2D eigenvalue weighted by molar-refractivity contribution is 7.92. The van der Waals surface area contributed by atoms with Crippen LogP contribution in [0.4, 0.5) is 5.69 Å². The Bertz CT molecular complexity index is 1240. The van der Waals surface area contributed by atoms with Gasteiger partial charge in [-0.1, -0.05) is 12.1 Å². The molecule has 1 fully saturated rings. The van der Waals surface area contributed by atoms with Gasteiger partial charge in [-0.05, 0) is 49.2 Å². The van der Waals surface area contributed by atoms with Crippen LogP contribution in [0.3, 0.4) is 0 Å². The van der Waals surface area contributed by atoms with E-state index in [1.54, 1.807) is 19.1 Å². The van der Waals surface area contributed by atoms with E-state index in [0.717, 1.165) is 0 Å². The predicted octanol–water partition coefficient (Wildman–Crippen LogP) is 1.50. The van der Waals surface area contributed by atoms with Gasteiger partial charge >= 0.3 is 5.97 Å². The van der Waals surface area contributed by atoms with E-state index >= 15 is 0 Å². The summed E-state index contributed by atoms with van der Waals surface area (Å²) in [6.07, 6.45) is 0.206. The number of aryl methyl sites for hydroxylation is 1. The summed E-state index contributed by atoms with van der Waals surface area (Å²) >= 11 is 0. The van der Waals surface area contributed by atoms with Gasteiger partial charge < -0.3 is 10.1 Å². The third-order valence-corrected chi connectivity index (χ3v) is 8.15. The topological polar surface area (TPSA) is 136 Å². The molecule has 2 aromatic carbocycles. The largest absolute Gasteiger partial charge is 0.465 e. The number of hydrogen-bond donors (Lipinski definition) is 2. The van der Waals surface area contributed by atoms with Gasteiger partial charge in [-0.15, -0.1) is 0 Å².